The molecule has 0 radical (unpaired) electrons. The van der Waals surface area contributed by atoms with Crippen LogP contribution in [0.4, 0.5) is 0 Å². The van der Waals surface area contributed by atoms with Crippen LogP contribution in [0.15, 0.2) is 346 Å². The minimum Gasteiger partial charge on any atom is -0.386 e. The molecule has 0 bridgehead atoms. The highest BCUT2D eigenvalue weighted by atomic mass is 31.2. The van der Waals surface area contributed by atoms with E-state index >= 15 is 4.57 Å². The largest absolute Gasteiger partial charge is 0.647 e. The maximum atomic E-state index is 16.0. The van der Waals surface area contributed by atoms with Crippen molar-refractivity contribution in [3.05, 3.63) is 413 Å². The van der Waals surface area contributed by atoms with Crippen molar-refractivity contribution in [3.63, 3.8) is 0 Å². The second-order valence-corrected chi connectivity index (χ2v) is 22.6. The lowest BCUT2D eigenvalue weighted by Gasteiger charge is -2.36. The Bertz CT molecular complexity index is 3440. The average Bonchev–Trinajstić information content (AvgIpc) is 3.12. The van der Waals surface area contributed by atoms with Gasteiger partial charge in [-0.2, -0.15) is 4.57 Å². The molecular weight excluding hydrogens is 1030 g/mol. The van der Waals surface area contributed by atoms with Crippen molar-refractivity contribution in [1.29, 1.82) is 0 Å². The number of benzene rings is 12. The lowest BCUT2D eigenvalue weighted by molar-refractivity contribution is 0.298. The van der Waals surface area contributed by atoms with E-state index in [-0.39, 0.29) is 0 Å². The second kappa shape index (κ2) is 24.6. The van der Waals surface area contributed by atoms with Crippen LogP contribution in [-0.4, -0.2) is 0 Å². The quantitative estimate of drug-likeness (QED) is 0.0531. The zero-order valence-electron chi connectivity index (χ0n) is 46.1. The summed E-state index contributed by atoms with van der Waals surface area (Å²) in [5, 5.41) is 0. The second-order valence-electron chi connectivity index (χ2n) is 21.2. The Morgan fingerprint density at radius 2 is 0.361 bits per heavy atom. The Kier molecular flexibility index (Phi) is 15.9. The standard InChI is InChI=1S/C78H63O4P/c79-83(80-73-52-46-70(47-53-73)76(64-34-16-4-17-35-64,65-36-18-5-19-37-65)58-61-28-10-1-11-29-61,81-74-54-48-71(49-55-74)77(66-38-20-6-21-39-66,67-40-22-7-23-41-67)59-62-30-12-2-13-31-62)82-75-56-50-72(51-57-75)78(68-42-24-8-25-43-68,69-44-26-9-27-45-69)60-63-32-14-3-15-33-63/h1-57H,58-60H2. The van der Waals surface area contributed by atoms with Crippen LogP contribution < -0.4 is 13.6 Å². The normalized spacial score (nSPS) is 11.8. The number of rotatable bonds is 21. The minimum absolute atomic E-state index is 0.324. The molecule has 12 rings (SSSR count). The third-order valence-electron chi connectivity index (χ3n) is 16.2. The summed E-state index contributed by atoms with van der Waals surface area (Å²) in [7, 11) is -4.56. The van der Waals surface area contributed by atoms with Crippen molar-refractivity contribution in [3.8, 4) is 17.2 Å². The van der Waals surface area contributed by atoms with Gasteiger partial charge in [-0.15, -0.1) is 0 Å². The van der Waals surface area contributed by atoms with Gasteiger partial charge in [0.25, 0.3) is 0 Å². The van der Waals surface area contributed by atoms with Crippen LogP contribution in [0.1, 0.15) is 66.8 Å². The highest BCUT2D eigenvalue weighted by molar-refractivity contribution is 7.49. The topological polar surface area (TPSA) is 44.8 Å². The van der Waals surface area contributed by atoms with Crippen molar-refractivity contribution in [2.75, 3.05) is 0 Å². The molecule has 0 aromatic heterocycles. The predicted octanol–water partition coefficient (Wildman–Crippen LogP) is 19.1. The fourth-order valence-electron chi connectivity index (χ4n) is 12.3. The van der Waals surface area contributed by atoms with Crippen LogP contribution in [0.5, 0.6) is 17.2 Å². The molecule has 0 N–H and O–H groups in total. The molecule has 0 saturated heterocycles. The molecular formula is C78H63O4P. The van der Waals surface area contributed by atoms with Crippen LogP contribution >= 0.6 is 7.82 Å². The van der Waals surface area contributed by atoms with Gasteiger partial charge in [-0.05, 0) is 122 Å². The fourth-order valence-corrected chi connectivity index (χ4v) is 13.6. The molecule has 12 aromatic carbocycles. The summed E-state index contributed by atoms with van der Waals surface area (Å²) in [6.45, 7) is 0. The summed E-state index contributed by atoms with van der Waals surface area (Å²) < 4.78 is 35.9. The molecule has 83 heavy (non-hydrogen) atoms. The molecule has 0 saturated carbocycles. The molecule has 4 nitrogen and oxygen atoms in total. The lowest BCUT2D eigenvalue weighted by atomic mass is 9.66. The highest BCUT2D eigenvalue weighted by Gasteiger charge is 2.41. The summed E-state index contributed by atoms with van der Waals surface area (Å²) in [5.41, 5.74) is 11.8. The molecule has 0 fully saturated rings. The summed E-state index contributed by atoms with van der Waals surface area (Å²) in [6, 6.07) is 119. The van der Waals surface area contributed by atoms with Gasteiger partial charge in [0, 0.05) is 16.2 Å². The fraction of sp³-hybridized carbons (Fsp3) is 0.0769. The summed E-state index contributed by atoms with van der Waals surface area (Å²) >= 11 is 0. The van der Waals surface area contributed by atoms with Crippen LogP contribution in [0.2, 0.25) is 0 Å². The maximum absolute atomic E-state index is 16.0. The van der Waals surface area contributed by atoms with E-state index < -0.39 is 24.1 Å². The molecule has 404 valence electrons. The molecule has 0 heterocycles. The smallest absolute Gasteiger partial charge is 0.386 e. The minimum atomic E-state index is -4.56. The van der Waals surface area contributed by atoms with Gasteiger partial charge < -0.3 is 13.6 Å². The van der Waals surface area contributed by atoms with Gasteiger partial charge in [0.2, 0.25) is 0 Å². The predicted molar refractivity (Wildman–Crippen MR) is 338 cm³/mol. The molecule has 0 unspecified atom stereocenters. The van der Waals surface area contributed by atoms with Crippen molar-refractivity contribution >= 4 is 7.82 Å². The molecule has 5 heteroatoms. The van der Waals surface area contributed by atoms with Gasteiger partial charge in [-0.1, -0.05) is 309 Å². The monoisotopic (exact) mass is 1090 g/mol. The molecule has 0 aliphatic rings. The number of phosphoric ester groups is 1. The van der Waals surface area contributed by atoms with Gasteiger partial charge in [-0.3, -0.25) is 0 Å². The van der Waals surface area contributed by atoms with E-state index in [0.29, 0.717) is 36.5 Å². The van der Waals surface area contributed by atoms with Crippen molar-refractivity contribution in [2.45, 2.75) is 35.5 Å². The Morgan fingerprint density at radius 3 is 0.542 bits per heavy atom. The number of phosphoric acid groups is 1. The SMILES string of the molecule is O=P(Oc1ccc(C(Cc2ccccc2)(c2ccccc2)c2ccccc2)cc1)(Oc1ccc(C(Cc2ccccc2)(c2ccccc2)c2ccccc2)cc1)Oc1ccc(C(Cc2ccccc2)(c2ccccc2)c2ccccc2)cc1. The third-order valence-corrected chi connectivity index (χ3v) is 17.5. The van der Waals surface area contributed by atoms with Crippen LogP contribution in [-0.2, 0) is 40.1 Å². The van der Waals surface area contributed by atoms with E-state index in [9.17, 15) is 0 Å². The third kappa shape index (κ3) is 11.5. The van der Waals surface area contributed by atoms with E-state index in [1.54, 1.807) is 0 Å². The van der Waals surface area contributed by atoms with Crippen molar-refractivity contribution in [2.24, 2.45) is 0 Å². The van der Waals surface area contributed by atoms with Gasteiger partial charge in [-0.25, -0.2) is 0 Å². The van der Waals surface area contributed by atoms with Crippen LogP contribution in [0.25, 0.3) is 0 Å². The number of hydrogen-bond donors (Lipinski definition) is 0. The Hall–Kier alpha value is -9.73. The van der Waals surface area contributed by atoms with Gasteiger partial charge in [0.05, 0.1) is 0 Å². The first-order valence-corrected chi connectivity index (χ1v) is 29.8. The Labute approximate surface area is 488 Å². The molecule has 0 aliphatic heterocycles. The lowest BCUT2D eigenvalue weighted by Crippen LogP contribution is -2.32. The van der Waals surface area contributed by atoms with Gasteiger partial charge >= 0.3 is 7.82 Å². The molecule has 0 atom stereocenters. The van der Waals surface area contributed by atoms with E-state index in [1.807, 2.05) is 36.4 Å². The average molecular weight is 1100 g/mol. The van der Waals surface area contributed by atoms with Crippen molar-refractivity contribution < 1.29 is 18.1 Å². The zero-order chi connectivity index (χ0) is 56.2. The first-order chi connectivity index (χ1) is 40.9. The molecule has 12 aromatic rings. The Balaban J connectivity index is 0.947. The van der Waals surface area contributed by atoms with Gasteiger partial charge in [0.15, 0.2) is 0 Å². The van der Waals surface area contributed by atoms with E-state index in [0.717, 1.165) is 50.1 Å². The maximum Gasteiger partial charge on any atom is 0.647 e. The summed E-state index contributed by atoms with van der Waals surface area (Å²) in [5.74, 6) is 0.973. The molecule has 0 aliphatic carbocycles. The summed E-state index contributed by atoms with van der Waals surface area (Å²) in [6.07, 6.45) is 2.09. The first kappa shape index (κ1) is 53.9. The first-order valence-electron chi connectivity index (χ1n) is 28.4. The highest BCUT2D eigenvalue weighted by Crippen LogP contribution is 2.52. The Morgan fingerprint density at radius 1 is 0.205 bits per heavy atom. The van der Waals surface area contributed by atoms with Gasteiger partial charge in [0.1, 0.15) is 17.2 Å². The van der Waals surface area contributed by atoms with Crippen molar-refractivity contribution in [1.82, 2.24) is 0 Å². The van der Waals surface area contributed by atoms with E-state index in [4.69, 9.17) is 13.6 Å². The zero-order valence-corrected chi connectivity index (χ0v) is 47.0. The summed E-state index contributed by atoms with van der Waals surface area (Å²) in [4.78, 5) is 0. The van der Waals surface area contributed by atoms with E-state index in [2.05, 4.69) is 309 Å². The van der Waals surface area contributed by atoms with Crippen LogP contribution in [0.3, 0.4) is 0 Å². The molecule has 0 amide bonds. The molecule has 0 spiro atoms. The van der Waals surface area contributed by atoms with E-state index in [1.165, 1.54) is 16.7 Å². The van der Waals surface area contributed by atoms with Crippen LogP contribution in [0, 0.1) is 0 Å². The number of hydrogen-bond acceptors (Lipinski definition) is 4.